The molecule has 0 aliphatic rings. The number of nitrogens with zero attached hydrogens (tertiary/aromatic N) is 1. The highest BCUT2D eigenvalue weighted by molar-refractivity contribution is 6.35. The minimum atomic E-state index is -0.588. The van der Waals surface area contributed by atoms with Gasteiger partial charge >= 0.3 is 5.97 Å². The van der Waals surface area contributed by atoms with Crippen LogP contribution in [0.5, 0.6) is 11.5 Å². The lowest BCUT2D eigenvalue weighted by atomic mass is 10.1. The normalized spacial score (nSPS) is 10.2. The third-order valence-corrected chi connectivity index (χ3v) is 3.46. The average Bonchev–Trinajstić information content (AvgIpc) is 2.50. The number of halogens is 2. The SMILES string of the molecule is COC(=O)Cc1cc(Oc2ccc(Cl)cc2Cl)ccc1[N+](=O)[O-]. The van der Waals surface area contributed by atoms with Gasteiger partial charge in [0.1, 0.15) is 11.5 Å². The van der Waals surface area contributed by atoms with E-state index in [2.05, 4.69) is 4.74 Å². The van der Waals surface area contributed by atoms with Crippen LogP contribution in [0.25, 0.3) is 0 Å². The molecule has 120 valence electrons. The van der Waals surface area contributed by atoms with Gasteiger partial charge in [-0.3, -0.25) is 14.9 Å². The summed E-state index contributed by atoms with van der Waals surface area (Å²) < 4.78 is 10.1. The van der Waals surface area contributed by atoms with Crippen molar-refractivity contribution in [3.63, 3.8) is 0 Å². The first kappa shape index (κ1) is 17.1. The van der Waals surface area contributed by atoms with E-state index in [1.807, 2.05) is 0 Å². The molecule has 2 aromatic carbocycles. The molecule has 0 spiro atoms. The zero-order valence-corrected chi connectivity index (χ0v) is 13.4. The average molecular weight is 356 g/mol. The topological polar surface area (TPSA) is 78.7 Å². The molecule has 8 heteroatoms. The van der Waals surface area contributed by atoms with Gasteiger partial charge in [-0.2, -0.15) is 0 Å². The van der Waals surface area contributed by atoms with E-state index < -0.39 is 10.9 Å². The van der Waals surface area contributed by atoms with Crippen molar-refractivity contribution in [2.45, 2.75) is 6.42 Å². The van der Waals surface area contributed by atoms with Crippen LogP contribution in [0.1, 0.15) is 5.56 Å². The summed E-state index contributed by atoms with van der Waals surface area (Å²) in [7, 11) is 1.21. The highest BCUT2D eigenvalue weighted by Gasteiger charge is 2.18. The van der Waals surface area contributed by atoms with Crippen LogP contribution in [0.4, 0.5) is 5.69 Å². The van der Waals surface area contributed by atoms with Crippen LogP contribution < -0.4 is 4.74 Å². The molecule has 0 N–H and O–H groups in total. The largest absolute Gasteiger partial charge is 0.469 e. The molecule has 2 aromatic rings. The second-order valence-corrected chi connectivity index (χ2v) is 5.32. The van der Waals surface area contributed by atoms with Crippen LogP contribution in [0, 0.1) is 10.1 Å². The maximum atomic E-state index is 11.4. The van der Waals surface area contributed by atoms with Gasteiger partial charge in [0.25, 0.3) is 5.69 Å². The lowest BCUT2D eigenvalue weighted by Crippen LogP contribution is -2.07. The summed E-state index contributed by atoms with van der Waals surface area (Å²) in [4.78, 5) is 21.9. The summed E-state index contributed by atoms with van der Waals surface area (Å²) in [6.45, 7) is 0. The quantitative estimate of drug-likeness (QED) is 0.450. The van der Waals surface area contributed by atoms with Gasteiger partial charge < -0.3 is 9.47 Å². The predicted molar refractivity (Wildman–Crippen MR) is 85.4 cm³/mol. The number of nitro groups is 1. The summed E-state index contributed by atoms with van der Waals surface area (Å²) >= 11 is 11.8. The Balaban J connectivity index is 2.34. The van der Waals surface area contributed by atoms with Gasteiger partial charge in [0.05, 0.1) is 23.5 Å². The number of ether oxygens (including phenoxy) is 2. The Morgan fingerprint density at radius 3 is 2.57 bits per heavy atom. The fraction of sp³-hybridized carbons (Fsp3) is 0.133. The van der Waals surface area contributed by atoms with Crippen molar-refractivity contribution in [2.75, 3.05) is 7.11 Å². The third kappa shape index (κ3) is 4.34. The fourth-order valence-electron chi connectivity index (χ4n) is 1.86. The molecule has 0 heterocycles. The number of hydrogen-bond acceptors (Lipinski definition) is 5. The van der Waals surface area contributed by atoms with Gasteiger partial charge in [-0.25, -0.2) is 0 Å². The predicted octanol–water partition coefficient (Wildman–Crippen LogP) is 4.41. The maximum absolute atomic E-state index is 11.4. The van der Waals surface area contributed by atoms with Crippen LogP contribution in [-0.4, -0.2) is 18.0 Å². The van der Waals surface area contributed by atoms with Crippen molar-refractivity contribution >= 4 is 34.9 Å². The molecule has 0 aliphatic heterocycles. The van der Waals surface area contributed by atoms with E-state index in [9.17, 15) is 14.9 Å². The Hall–Kier alpha value is -2.31. The van der Waals surface area contributed by atoms with E-state index in [-0.39, 0.29) is 17.7 Å². The zero-order chi connectivity index (χ0) is 17.0. The van der Waals surface area contributed by atoms with Crippen molar-refractivity contribution in [3.05, 3.63) is 62.1 Å². The number of carbonyl (C=O) groups excluding carboxylic acids is 1. The smallest absolute Gasteiger partial charge is 0.310 e. The van der Waals surface area contributed by atoms with Crippen molar-refractivity contribution in [1.29, 1.82) is 0 Å². The van der Waals surface area contributed by atoms with Crippen LogP contribution in [0.3, 0.4) is 0 Å². The Kier molecular flexibility index (Phi) is 5.41. The molecule has 6 nitrogen and oxygen atoms in total. The number of nitro benzene ring substituents is 1. The molecule has 0 saturated heterocycles. The van der Waals surface area contributed by atoms with Gasteiger partial charge in [-0.1, -0.05) is 23.2 Å². The summed E-state index contributed by atoms with van der Waals surface area (Å²) in [5.74, 6) is 0.0578. The Morgan fingerprint density at radius 1 is 1.22 bits per heavy atom. The van der Waals surface area contributed by atoms with Gasteiger partial charge in [0.15, 0.2) is 0 Å². The van der Waals surface area contributed by atoms with Gasteiger partial charge in [0, 0.05) is 16.7 Å². The fourth-order valence-corrected chi connectivity index (χ4v) is 2.30. The number of hydrogen-bond donors (Lipinski definition) is 0. The molecule has 0 bridgehead atoms. The van der Waals surface area contributed by atoms with Crippen LogP contribution >= 0.6 is 23.2 Å². The van der Waals surface area contributed by atoms with Crippen molar-refractivity contribution in [3.8, 4) is 11.5 Å². The summed E-state index contributed by atoms with van der Waals surface area (Å²) in [5.41, 5.74) is -0.00520. The van der Waals surface area contributed by atoms with Crippen LogP contribution in [0.15, 0.2) is 36.4 Å². The molecule has 0 atom stereocenters. The van der Waals surface area contributed by atoms with E-state index >= 15 is 0 Å². The van der Waals surface area contributed by atoms with E-state index in [1.54, 1.807) is 12.1 Å². The molecule has 0 saturated carbocycles. The molecular weight excluding hydrogens is 345 g/mol. The van der Waals surface area contributed by atoms with E-state index in [1.165, 1.54) is 31.4 Å². The molecule has 2 rings (SSSR count). The molecule has 0 unspecified atom stereocenters. The number of esters is 1. The highest BCUT2D eigenvalue weighted by Crippen LogP contribution is 2.33. The Morgan fingerprint density at radius 2 is 1.96 bits per heavy atom. The summed E-state index contributed by atoms with van der Waals surface area (Å²) in [6, 6.07) is 8.77. The number of rotatable bonds is 5. The molecule has 0 aliphatic carbocycles. The molecule has 0 aromatic heterocycles. The monoisotopic (exact) mass is 355 g/mol. The van der Waals surface area contributed by atoms with Gasteiger partial charge in [-0.05, 0) is 30.3 Å². The van der Waals surface area contributed by atoms with E-state index in [0.29, 0.717) is 21.5 Å². The zero-order valence-electron chi connectivity index (χ0n) is 11.9. The number of methoxy groups -OCH3 is 1. The standard InChI is InChI=1S/C15H11Cl2NO5/c1-22-15(19)7-9-6-11(3-4-13(9)18(20)21)23-14-5-2-10(16)8-12(14)17/h2-6,8H,7H2,1H3. The number of benzene rings is 2. The maximum Gasteiger partial charge on any atom is 0.310 e. The van der Waals surface area contributed by atoms with E-state index in [0.717, 1.165) is 0 Å². The molecule has 0 radical (unpaired) electrons. The minimum absolute atomic E-state index is 0.185. The lowest BCUT2D eigenvalue weighted by Gasteiger charge is -2.09. The first-order valence-corrected chi connectivity index (χ1v) is 7.13. The van der Waals surface area contributed by atoms with Crippen LogP contribution in [-0.2, 0) is 16.0 Å². The summed E-state index contributed by atoms with van der Waals surface area (Å²) in [5, 5.41) is 11.8. The van der Waals surface area contributed by atoms with E-state index in [4.69, 9.17) is 27.9 Å². The first-order chi connectivity index (χ1) is 10.9. The lowest BCUT2D eigenvalue weighted by molar-refractivity contribution is -0.385. The molecule has 0 amide bonds. The first-order valence-electron chi connectivity index (χ1n) is 6.37. The molecule has 0 fully saturated rings. The summed E-state index contributed by atoms with van der Waals surface area (Å²) in [6.07, 6.45) is -0.238. The number of carbonyl (C=O) groups is 1. The molecular formula is C15H11Cl2NO5. The Bertz CT molecular complexity index is 764. The Labute approximate surface area is 141 Å². The van der Waals surface area contributed by atoms with Crippen molar-refractivity contribution in [1.82, 2.24) is 0 Å². The van der Waals surface area contributed by atoms with Crippen molar-refractivity contribution < 1.29 is 19.2 Å². The second-order valence-electron chi connectivity index (χ2n) is 4.48. The van der Waals surface area contributed by atoms with Crippen molar-refractivity contribution in [2.24, 2.45) is 0 Å². The highest BCUT2D eigenvalue weighted by atomic mass is 35.5. The molecule has 23 heavy (non-hydrogen) atoms. The third-order valence-electron chi connectivity index (χ3n) is 2.93. The van der Waals surface area contributed by atoms with Gasteiger partial charge in [-0.15, -0.1) is 0 Å². The minimum Gasteiger partial charge on any atom is -0.469 e. The van der Waals surface area contributed by atoms with Crippen LogP contribution in [0.2, 0.25) is 10.0 Å². The van der Waals surface area contributed by atoms with Gasteiger partial charge in [0.2, 0.25) is 0 Å². The second kappa shape index (κ2) is 7.30.